The number of aromatic nitrogens is 2. The van der Waals surface area contributed by atoms with Gasteiger partial charge in [-0.2, -0.15) is 5.10 Å². The molecule has 1 unspecified atom stereocenters. The summed E-state index contributed by atoms with van der Waals surface area (Å²) in [6.45, 7) is 0. The van der Waals surface area contributed by atoms with Gasteiger partial charge < -0.3 is 0 Å². The molecule has 2 aromatic heterocycles. The van der Waals surface area contributed by atoms with Crippen LogP contribution < -0.4 is 5.32 Å². The van der Waals surface area contributed by atoms with Crippen LogP contribution in [0.2, 0.25) is 0 Å². The third kappa shape index (κ3) is 1.82. The Balaban J connectivity index is 2.08. The molecule has 0 radical (unpaired) electrons. The Bertz CT molecular complexity index is 650. The molecule has 1 aliphatic rings. The number of amides is 2. The van der Waals surface area contributed by atoms with Gasteiger partial charge >= 0.3 is 0 Å². The summed E-state index contributed by atoms with van der Waals surface area (Å²) in [5.41, 5.74) is 1.79. The van der Waals surface area contributed by atoms with E-state index in [0.29, 0.717) is 12.8 Å². The van der Waals surface area contributed by atoms with Crippen LogP contribution in [0.15, 0.2) is 29.0 Å². The molecule has 0 aromatic carbocycles. The quantitative estimate of drug-likeness (QED) is 0.814. The molecule has 1 atom stereocenters. The molecule has 92 valence electrons. The lowest BCUT2D eigenvalue weighted by atomic mass is 9.90. The van der Waals surface area contributed by atoms with Crippen molar-refractivity contribution in [3.05, 3.63) is 34.6 Å². The number of piperidine rings is 1. The molecule has 18 heavy (non-hydrogen) atoms. The third-order valence-corrected chi connectivity index (χ3v) is 3.51. The average Bonchev–Trinajstić information content (AvgIpc) is 2.69. The predicted molar refractivity (Wildman–Crippen MR) is 68.0 cm³/mol. The number of imide groups is 1. The van der Waals surface area contributed by atoms with Crippen molar-refractivity contribution in [2.45, 2.75) is 18.8 Å². The minimum absolute atomic E-state index is 0.196. The maximum Gasteiger partial charge on any atom is 0.234 e. The first-order chi connectivity index (χ1) is 8.65. The van der Waals surface area contributed by atoms with E-state index in [2.05, 4.69) is 26.3 Å². The number of halogens is 1. The van der Waals surface area contributed by atoms with Crippen molar-refractivity contribution in [2.75, 3.05) is 0 Å². The number of hydrogen-bond donors (Lipinski definition) is 1. The van der Waals surface area contributed by atoms with Crippen molar-refractivity contribution in [3.63, 3.8) is 0 Å². The lowest BCUT2D eigenvalue weighted by molar-refractivity contribution is -0.134. The second-order valence-electron chi connectivity index (χ2n) is 4.26. The van der Waals surface area contributed by atoms with E-state index in [1.807, 2.05) is 24.4 Å². The number of nitrogens with zero attached hydrogens (tertiary/aromatic N) is 2. The van der Waals surface area contributed by atoms with Crippen LogP contribution in [0.3, 0.4) is 0 Å². The Morgan fingerprint density at radius 3 is 3.06 bits per heavy atom. The van der Waals surface area contributed by atoms with Gasteiger partial charge in [0.2, 0.25) is 11.8 Å². The Morgan fingerprint density at radius 2 is 2.28 bits per heavy atom. The van der Waals surface area contributed by atoms with Crippen LogP contribution in [-0.2, 0) is 9.59 Å². The fourth-order valence-electron chi connectivity index (χ4n) is 2.29. The van der Waals surface area contributed by atoms with Crippen molar-refractivity contribution in [3.8, 4) is 0 Å². The largest absolute Gasteiger partial charge is 0.296 e. The van der Waals surface area contributed by atoms with Crippen molar-refractivity contribution in [2.24, 2.45) is 0 Å². The molecular weight excluding hydrogens is 298 g/mol. The van der Waals surface area contributed by atoms with E-state index >= 15 is 0 Å². The molecule has 1 fully saturated rings. The average molecular weight is 308 g/mol. The van der Waals surface area contributed by atoms with Gasteiger partial charge in [0.25, 0.3) is 0 Å². The monoisotopic (exact) mass is 307 g/mol. The van der Waals surface area contributed by atoms with E-state index in [-0.39, 0.29) is 17.7 Å². The minimum Gasteiger partial charge on any atom is -0.296 e. The van der Waals surface area contributed by atoms with Crippen LogP contribution in [-0.4, -0.2) is 21.4 Å². The third-order valence-electron chi connectivity index (χ3n) is 3.12. The summed E-state index contributed by atoms with van der Waals surface area (Å²) in [6, 6.07) is 5.63. The number of rotatable bonds is 1. The highest BCUT2D eigenvalue weighted by molar-refractivity contribution is 9.10. The molecule has 3 rings (SSSR count). The molecule has 0 aliphatic carbocycles. The van der Waals surface area contributed by atoms with Crippen molar-refractivity contribution >= 4 is 33.3 Å². The first-order valence-corrected chi connectivity index (χ1v) is 6.42. The fraction of sp³-hybridized carbons (Fsp3) is 0.250. The zero-order chi connectivity index (χ0) is 12.7. The molecule has 0 spiro atoms. The number of fused-ring (bicyclic) bond motifs is 1. The summed E-state index contributed by atoms with van der Waals surface area (Å²) in [5.74, 6) is -0.704. The highest BCUT2D eigenvalue weighted by Gasteiger charge is 2.29. The maximum absolute atomic E-state index is 11.9. The summed E-state index contributed by atoms with van der Waals surface area (Å²) in [4.78, 5) is 23.0. The highest BCUT2D eigenvalue weighted by Crippen LogP contribution is 2.29. The second-order valence-corrected chi connectivity index (χ2v) is 5.08. The Hall–Kier alpha value is -1.69. The van der Waals surface area contributed by atoms with Crippen molar-refractivity contribution in [1.82, 2.24) is 14.9 Å². The lowest BCUT2D eigenvalue weighted by Crippen LogP contribution is -2.39. The number of nitrogens with one attached hydrogen (secondary N) is 1. The van der Waals surface area contributed by atoms with Crippen molar-refractivity contribution < 1.29 is 9.59 Å². The van der Waals surface area contributed by atoms with Crippen LogP contribution in [0.25, 0.3) is 5.52 Å². The maximum atomic E-state index is 11.9. The van der Waals surface area contributed by atoms with Gasteiger partial charge in [-0.1, -0.05) is 6.07 Å². The molecule has 1 aliphatic heterocycles. The smallest absolute Gasteiger partial charge is 0.234 e. The molecule has 0 bridgehead atoms. The number of hydrogen-bond acceptors (Lipinski definition) is 3. The minimum atomic E-state index is -0.282. The van der Waals surface area contributed by atoms with Gasteiger partial charge in [0.15, 0.2) is 0 Å². The van der Waals surface area contributed by atoms with Crippen LogP contribution in [0.4, 0.5) is 0 Å². The van der Waals surface area contributed by atoms with Crippen LogP contribution >= 0.6 is 15.9 Å². The van der Waals surface area contributed by atoms with Gasteiger partial charge in [0.05, 0.1) is 11.4 Å². The fourth-order valence-corrected chi connectivity index (χ4v) is 2.68. The Labute approximate surface area is 111 Å². The lowest BCUT2D eigenvalue weighted by Gasteiger charge is -2.21. The first kappa shape index (κ1) is 11.4. The van der Waals surface area contributed by atoms with Crippen LogP contribution in [0.5, 0.6) is 0 Å². The number of carbonyl (C=O) groups is 2. The molecule has 2 amide bonds. The summed E-state index contributed by atoms with van der Waals surface area (Å²) >= 11 is 3.32. The van der Waals surface area contributed by atoms with Gasteiger partial charge in [-0.3, -0.25) is 14.9 Å². The predicted octanol–water partition coefficient (Wildman–Crippen LogP) is 1.62. The van der Waals surface area contributed by atoms with E-state index in [1.165, 1.54) is 0 Å². The number of carbonyl (C=O) groups excluding carboxylic acids is 2. The Morgan fingerprint density at radius 1 is 1.44 bits per heavy atom. The van der Waals surface area contributed by atoms with Crippen LogP contribution in [0, 0.1) is 0 Å². The number of pyridine rings is 1. The molecule has 6 heteroatoms. The van der Waals surface area contributed by atoms with E-state index in [9.17, 15) is 9.59 Å². The summed E-state index contributed by atoms with van der Waals surface area (Å²) in [5, 5.41) is 6.62. The molecule has 5 nitrogen and oxygen atoms in total. The SMILES string of the molecule is O=C1CCC(c2cccn3nc(Br)cc23)C(=O)N1. The van der Waals surface area contributed by atoms with Gasteiger partial charge in [0, 0.05) is 12.6 Å². The summed E-state index contributed by atoms with van der Waals surface area (Å²) in [7, 11) is 0. The highest BCUT2D eigenvalue weighted by atomic mass is 79.9. The molecule has 1 N–H and O–H groups in total. The molecule has 0 saturated carbocycles. The molecule has 3 heterocycles. The van der Waals surface area contributed by atoms with Gasteiger partial charge in [0.1, 0.15) is 4.60 Å². The topological polar surface area (TPSA) is 63.5 Å². The zero-order valence-electron chi connectivity index (χ0n) is 9.39. The first-order valence-electron chi connectivity index (χ1n) is 5.62. The van der Waals surface area contributed by atoms with E-state index in [0.717, 1.165) is 15.7 Å². The normalized spacial score (nSPS) is 20.2. The van der Waals surface area contributed by atoms with E-state index in [1.54, 1.807) is 4.52 Å². The van der Waals surface area contributed by atoms with Crippen LogP contribution in [0.1, 0.15) is 24.3 Å². The van der Waals surface area contributed by atoms with Gasteiger partial charge in [-0.05, 0) is 40.0 Å². The molecular formula is C12H10BrN3O2. The molecule has 1 saturated heterocycles. The summed E-state index contributed by atoms with van der Waals surface area (Å²) < 4.78 is 2.45. The van der Waals surface area contributed by atoms with Crippen molar-refractivity contribution in [1.29, 1.82) is 0 Å². The second kappa shape index (κ2) is 4.20. The van der Waals surface area contributed by atoms with E-state index in [4.69, 9.17) is 0 Å². The molecule has 2 aromatic rings. The van der Waals surface area contributed by atoms with E-state index < -0.39 is 0 Å². The summed E-state index contributed by atoms with van der Waals surface area (Å²) in [6.07, 6.45) is 2.76. The standard InChI is InChI=1S/C12H10BrN3O2/c13-10-6-9-7(2-1-5-16(9)15-10)8-3-4-11(17)14-12(8)18/h1-2,5-6,8H,3-4H2,(H,14,17,18). The van der Waals surface area contributed by atoms with Gasteiger partial charge in [-0.15, -0.1) is 0 Å². The Kier molecular flexibility index (Phi) is 2.66. The zero-order valence-corrected chi connectivity index (χ0v) is 11.0. The van der Waals surface area contributed by atoms with Gasteiger partial charge in [-0.25, -0.2) is 4.52 Å².